The van der Waals surface area contributed by atoms with Gasteiger partial charge in [0.2, 0.25) is 10.6 Å². The maximum atomic E-state index is 5.65. The van der Waals surface area contributed by atoms with Gasteiger partial charge in [0, 0.05) is 12.4 Å². The summed E-state index contributed by atoms with van der Waals surface area (Å²) in [5.74, 6) is 0. The normalized spacial score (nSPS) is 10.3. The highest BCUT2D eigenvalue weighted by Gasteiger charge is 2.02. The van der Waals surface area contributed by atoms with Crippen LogP contribution in [0, 0.1) is 0 Å². The molecule has 2 rings (SSSR count). The molecular weight excluding hydrogens is 255 g/mol. The van der Waals surface area contributed by atoms with Crippen molar-refractivity contribution in [3.05, 3.63) is 35.1 Å². The highest BCUT2D eigenvalue weighted by atomic mass is 35.5. The van der Waals surface area contributed by atoms with E-state index in [1.54, 1.807) is 24.5 Å². The van der Waals surface area contributed by atoms with Gasteiger partial charge < -0.3 is 0 Å². The Kier molecular flexibility index (Phi) is 3.35. The lowest BCUT2D eigenvalue weighted by molar-refractivity contribution is 1.02. The molecule has 0 atom stereocenters. The molecule has 0 saturated carbocycles. The molecule has 0 spiro atoms. The second kappa shape index (κ2) is 4.74. The molecule has 7 heteroatoms. The predicted molar refractivity (Wildman–Crippen MR) is 58.2 cm³/mol. The van der Waals surface area contributed by atoms with Gasteiger partial charge in [0.05, 0.1) is 0 Å². The quantitative estimate of drug-likeness (QED) is 0.613. The van der Waals surface area contributed by atoms with Crippen LogP contribution >= 0.6 is 35.0 Å². The van der Waals surface area contributed by atoms with Crippen LogP contribution in [0.2, 0.25) is 10.6 Å². The van der Waals surface area contributed by atoms with Crippen LogP contribution in [0.5, 0.6) is 0 Å². The van der Waals surface area contributed by atoms with Gasteiger partial charge in [-0.1, -0.05) is 0 Å². The number of rotatable bonds is 2. The van der Waals surface area contributed by atoms with E-state index in [1.165, 1.54) is 11.8 Å². The topological polar surface area (TPSA) is 51.6 Å². The largest absolute Gasteiger partial charge is 0.226 e. The SMILES string of the molecule is Clc1nccc(Sc2ccnc(Cl)n2)n1. The fourth-order valence-corrected chi connectivity index (χ4v) is 1.99. The highest BCUT2D eigenvalue weighted by molar-refractivity contribution is 7.99. The van der Waals surface area contributed by atoms with E-state index in [-0.39, 0.29) is 10.6 Å². The van der Waals surface area contributed by atoms with E-state index < -0.39 is 0 Å². The van der Waals surface area contributed by atoms with E-state index in [4.69, 9.17) is 23.2 Å². The van der Waals surface area contributed by atoms with E-state index in [9.17, 15) is 0 Å². The van der Waals surface area contributed by atoms with Crippen molar-refractivity contribution in [1.82, 2.24) is 19.9 Å². The van der Waals surface area contributed by atoms with Crippen molar-refractivity contribution >= 4 is 35.0 Å². The molecule has 0 radical (unpaired) electrons. The first-order valence-electron chi connectivity index (χ1n) is 3.89. The minimum atomic E-state index is 0.208. The van der Waals surface area contributed by atoms with Gasteiger partial charge >= 0.3 is 0 Å². The standard InChI is InChI=1S/C8H4Cl2N4S/c9-7-11-3-1-5(13-7)15-6-2-4-12-8(10)14-6/h1-4H. The Morgan fingerprint density at radius 2 is 1.33 bits per heavy atom. The molecular formula is C8H4Cl2N4S. The van der Waals surface area contributed by atoms with Gasteiger partial charge in [-0.15, -0.1) is 0 Å². The molecule has 0 aromatic carbocycles. The number of aromatic nitrogens is 4. The first kappa shape index (κ1) is 10.6. The van der Waals surface area contributed by atoms with E-state index in [0.29, 0.717) is 10.1 Å². The third-order valence-corrected chi connectivity index (χ3v) is 2.65. The maximum Gasteiger partial charge on any atom is 0.223 e. The summed E-state index contributed by atoms with van der Waals surface area (Å²) in [6.45, 7) is 0. The van der Waals surface area contributed by atoms with Gasteiger partial charge in [-0.25, -0.2) is 19.9 Å². The van der Waals surface area contributed by atoms with Crippen molar-refractivity contribution < 1.29 is 0 Å². The van der Waals surface area contributed by atoms with Crippen LogP contribution in [0.4, 0.5) is 0 Å². The zero-order valence-electron chi connectivity index (χ0n) is 7.26. The Labute approximate surface area is 100 Å². The molecule has 15 heavy (non-hydrogen) atoms. The van der Waals surface area contributed by atoms with Crippen molar-refractivity contribution in [3.63, 3.8) is 0 Å². The molecule has 0 aliphatic carbocycles. The van der Waals surface area contributed by atoms with Crippen LogP contribution in [0.15, 0.2) is 34.6 Å². The number of hydrogen-bond donors (Lipinski definition) is 0. The zero-order valence-corrected chi connectivity index (χ0v) is 9.59. The van der Waals surface area contributed by atoms with Crippen LogP contribution < -0.4 is 0 Å². The molecule has 0 unspecified atom stereocenters. The summed E-state index contributed by atoms with van der Waals surface area (Å²) >= 11 is 12.6. The van der Waals surface area contributed by atoms with Gasteiger partial charge in [0.1, 0.15) is 10.1 Å². The van der Waals surface area contributed by atoms with Crippen LogP contribution in [-0.2, 0) is 0 Å². The van der Waals surface area contributed by atoms with Crippen molar-refractivity contribution in [3.8, 4) is 0 Å². The zero-order chi connectivity index (χ0) is 10.7. The van der Waals surface area contributed by atoms with Crippen molar-refractivity contribution in [2.24, 2.45) is 0 Å². The lowest BCUT2D eigenvalue weighted by Gasteiger charge is -1.99. The molecule has 0 bridgehead atoms. The van der Waals surface area contributed by atoms with E-state index in [2.05, 4.69) is 19.9 Å². The van der Waals surface area contributed by atoms with E-state index >= 15 is 0 Å². The molecule has 76 valence electrons. The fourth-order valence-electron chi connectivity index (χ4n) is 0.860. The predicted octanol–water partition coefficient (Wildman–Crippen LogP) is 2.72. The van der Waals surface area contributed by atoms with E-state index in [1.807, 2.05) is 0 Å². The molecule has 2 aromatic rings. The van der Waals surface area contributed by atoms with Gasteiger partial charge in [0.25, 0.3) is 0 Å². The molecule has 0 amide bonds. The second-order valence-electron chi connectivity index (χ2n) is 2.43. The Bertz CT molecular complexity index is 436. The number of nitrogens with zero attached hydrogens (tertiary/aromatic N) is 4. The number of hydrogen-bond acceptors (Lipinski definition) is 5. The first-order chi connectivity index (χ1) is 7.24. The third-order valence-electron chi connectivity index (χ3n) is 1.41. The summed E-state index contributed by atoms with van der Waals surface area (Å²) in [6, 6.07) is 3.49. The summed E-state index contributed by atoms with van der Waals surface area (Å²) in [4.78, 5) is 15.6. The first-order valence-corrected chi connectivity index (χ1v) is 5.46. The Morgan fingerprint density at radius 1 is 0.867 bits per heavy atom. The molecule has 0 saturated heterocycles. The summed E-state index contributed by atoms with van der Waals surface area (Å²) in [7, 11) is 0. The van der Waals surface area contributed by atoms with Gasteiger partial charge in [-0.2, -0.15) is 0 Å². The molecule has 2 aromatic heterocycles. The molecule has 0 N–H and O–H groups in total. The fraction of sp³-hybridized carbons (Fsp3) is 0. The van der Waals surface area contributed by atoms with Crippen molar-refractivity contribution in [2.45, 2.75) is 10.1 Å². The van der Waals surface area contributed by atoms with Gasteiger partial charge in [0.15, 0.2) is 0 Å². The summed E-state index contributed by atoms with van der Waals surface area (Å²) in [5.41, 5.74) is 0. The monoisotopic (exact) mass is 258 g/mol. The molecule has 4 nitrogen and oxygen atoms in total. The molecule has 0 aliphatic rings. The van der Waals surface area contributed by atoms with Crippen molar-refractivity contribution in [2.75, 3.05) is 0 Å². The molecule has 0 fully saturated rings. The maximum absolute atomic E-state index is 5.65. The van der Waals surface area contributed by atoms with Gasteiger partial charge in [-0.05, 0) is 47.1 Å². The highest BCUT2D eigenvalue weighted by Crippen LogP contribution is 2.24. The minimum Gasteiger partial charge on any atom is -0.226 e. The Hall–Kier alpha value is -0.910. The lowest BCUT2D eigenvalue weighted by Crippen LogP contribution is -1.87. The average molecular weight is 259 g/mol. The number of halogens is 2. The van der Waals surface area contributed by atoms with E-state index in [0.717, 1.165) is 0 Å². The van der Waals surface area contributed by atoms with Crippen LogP contribution in [0.25, 0.3) is 0 Å². The van der Waals surface area contributed by atoms with Crippen LogP contribution in [0.3, 0.4) is 0 Å². The summed E-state index contributed by atoms with van der Waals surface area (Å²) < 4.78 is 0. The van der Waals surface area contributed by atoms with Crippen LogP contribution in [-0.4, -0.2) is 19.9 Å². The van der Waals surface area contributed by atoms with Crippen molar-refractivity contribution in [1.29, 1.82) is 0 Å². The Balaban J connectivity index is 2.22. The summed E-state index contributed by atoms with van der Waals surface area (Å²) in [5, 5.41) is 1.84. The molecule has 0 aliphatic heterocycles. The summed E-state index contributed by atoms with van der Waals surface area (Å²) in [6.07, 6.45) is 3.17. The second-order valence-corrected chi connectivity index (χ2v) is 4.15. The Morgan fingerprint density at radius 3 is 1.73 bits per heavy atom. The van der Waals surface area contributed by atoms with Gasteiger partial charge in [-0.3, -0.25) is 0 Å². The third kappa shape index (κ3) is 3.02. The molecule has 2 heterocycles. The average Bonchev–Trinajstić information content (AvgIpc) is 2.17. The van der Waals surface area contributed by atoms with Crippen LogP contribution in [0.1, 0.15) is 0 Å². The smallest absolute Gasteiger partial charge is 0.223 e. The minimum absolute atomic E-state index is 0.208. The lowest BCUT2D eigenvalue weighted by atomic mass is 10.7.